The van der Waals surface area contributed by atoms with Gasteiger partial charge in [0.25, 0.3) is 5.91 Å². The van der Waals surface area contributed by atoms with Crippen LogP contribution in [0.25, 0.3) is 0 Å². The van der Waals surface area contributed by atoms with E-state index in [0.29, 0.717) is 5.69 Å². The Morgan fingerprint density at radius 1 is 1.07 bits per heavy atom. The van der Waals surface area contributed by atoms with Gasteiger partial charge in [-0.2, -0.15) is 0 Å². The number of nitrogens with one attached hydrogen (secondary N) is 2. The fourth-order valence-corrected chi connectivity index (χ4v) is 3.72. The number of methoxy groups -OCH3 is 1. The molecule has 7 heteroatoms. The number of nitrogens with zero attached hydrogens (tertiary/aromatic N) is 3. The van der Waals surface area contributed by atoms with Gasteiger partial charge in [0.15, 0.2) is 0 Å². The van der Waals surface area contributed by atoms with Crippen LogP contribution in [0, 0.1) is 0 Å². The number of aromatic nitrogens is 1. The number of pyridine rings is 1. The number of carbonyl (C=O) groups excluding carboxylic acids is 1. The maximum atomic E-state index is 12.5. The van der Waals surface area contributed by atoms with E-state index in [9.17, 15) is 4.79 Å². The lowest BCUT2D eigenvalue weighted by atomic mass is 10.0. The quantitative estimate of drug-likeness (QED) is 0.852. The van der Waals surface area contributed by atoms with Crippen LogP contribution in [0.2, 0.25) is 0 Å². The van der Waals surface area contributed by atoms with E-state index in [1.54, 1.807) is 19.4 Å². The number of carbonyl (C=O) groups is 1. The predicted molar refractivity (Wildman–Crippen MR) is 102 cm³/mol. The zero-order chi connectivity index (χ0) is 18.6. The topological polar surface area (TPSA) is 69.7 Å². The van der Waals surface area contributed by atoms with E-state index in [1.807, 2.05) is 29.2 Å². The fraction of sp³-hybridized carbons (Fsp3) is 0.400. The van der Waals surface area contributed by atoms with Gasteiger partial charge >= 0.3 is 0 Å². The van der Waals surface area contributed by atoms with E-state index in [-0.39, 0.29) is 18.1 Å². The van der Waals surface area contributed by atoms with Gasteiger partial charge in [-0.3, -0.25) is 14.7 Å². The van der Waals surface area contributed by atoms with Gasteiger partial charge in [-0.15, -0.1) is 0 Å². The van der Waals surface area contributed by atoms with Crippen molar-refractivity contribution < 1.29 is 9.53 Å². The Morgan fingerprint density at radius 2 is 1.85 bits per heavy atom. The molecule has 142 valence electrons. The van der Waals surface area contributed by atoms with Gasteiger partial charge in [-0.05, 0) is 36.2 Å². The molecule has 2 aliphatic rings. The Morgan fingerprint density at radius 3 is 2.52 bits per heavy atom. The molecule has 1 aromatic carbocycles. The molecule has 1 amide bonds. The van der Waals surface area contributed by atoms with E-state index < -0.39 is 0 Å². The number of rotatable bonds is 4. The Kier molecular flexibility index (Phi) is 5.33. The second-order valence-electron chi connectivity index (χ2n) is 6.91. The number of benzene rings is 1. The Labute approximate surface area is 159 Å². The van der Waals surface area contributed by atoms with Crippen LogP contribution in [0.15, 0.2) is 48.7 Å². The van der Waals surface area contributed by atoms with E-state index in [2.05, 4.69) is 32.9 Å². The van der Waals surface area contributed by atoms with E-state index in [0.717, 1.165) is 38.3 Å². The molecule has 2 aliphatic heterocycles. The van der Waals surface area contributed by atoms with Crippen molar-refractivity contribution in [3.63, 3.8) is 0 Å². The summed E-state index contributed by atoms with van der Waals surface area (Å²) in [5, 5.41) is 0. The molecular weight excluding hydrogens is 342 g/mol. The Hall–Kier alpha value is -2.48. The zero-order valence-electron chi connectivity index (χ0n) is 15.5. The Balaban J connectivity index is 1.30. The van der Waals surface area contributed by atoms with E-state index in [1.165, 1.54) is 5.56 Å². The third-order valence-electron chi connectivity index (χ3n) is 5.33. The van der Waals surface area contributed by atoms with Crippen molar-refractivity contribution >= 4 is 5.91 Å². The molecule has 1 aromatic heterocycles. The summed E-state index contributed by atoms with van der Waals surface area (Å²) >= 11 is 0. The summed E-state index contributed by atoms with van der Waals surface area (Å²) in [4.78, 5) is 21.0. The number of hydrogen-bond acceptors (Lipinski definition) is 6. The van der Waals surface area contributed by atoms with Crippen LogP contribution in [0.4, 0.5) is 0 Å². The lowest BCUT2D eigenvalue weighted by Gasteiger charge is -2.37. The zero-order valence-corrected chi connectivity index (χ0v) is 15.5. The molecule has 2 unspecified atom stereocenters. The average Bonchev–Trinajstić information content (AvgIpc) is 3.24. The molecule has 7 nitrogen and oxygen atoms in total. The van der Waals surface area contributed by atoms with Gasteiger partial charge in [0.2, 0.25) is 0 Å². The van der Waals surface area contributed by atoms with Gasteiger partial charge in [-0.1, -0.05) is 18.2 Å². The summed E-state index contributed by atoms with van der Waals surface area (Å²) < 4.78 is 5.23. The lowest BCUT2D eigenvalue weighted by Crippen LogP contribution is -2.55. The van der Waals surface area contributed by atoms with Gasteiger partial charge in [0.1, 0.15) is 11.4 Å². The highest BCUT2D eigenvalue weighted by Gasteiger charge is 2.32. The summed E-state index contributed by atoms with van der Waals surface area (Å²) in [7, 11) is 1.68. The smallest absolute Gasteiger partial charge is 0.272 e. The number of piperazine rings is 1. The van der Waals surface area contributed by atoms with Crippen molar-refractivity contribution in [1.29, 1.82) is 0 Å². The summed E-state index contributed by atoms with van der Waals surface area (Å²) in [5.41, 5.74) is 8.57. The van der Waals surface area contributed by atoms with Gasteiger partial charge in [0.05, 0.1) is 13.3 Å². The normalized spacial score (nSPS) is 23.4. The monoisotopic (exact) mass is 367 g/mol. The first kappa shape index (κ1) is 17.9. The third-order valence-corrected chi connectivity index (χ3v) is 5.33. The second kappa shape index (κ2) is 8.04. The van der Waals surface area contributed by atoms with Crippen LogP contribution in [0.3, 0.4) is 0 Å². The average molecular weight is 367 g/mol. The van der Waals surface area contributed by atoms with Crippen LogP contribution < -0.4 is 15.6 Å². The minimum Gasteiger partial charge on any atom is -0.497 e. The van der Waals surface area contributed by atoms with Crippen molar-refractivity contribution in [3.8, 4) is 5.75 Å². The molecule has 2 fully saturated rings. The molecule has 0 aliphatic carbocycles. The van der Waals surface area contributed by atoms with Crippen molar-refractivity contribution in [2.75, 3.05) is 33.3 Å². The standard InChI is InChI=1S/C20H25N5O2/c1-27-16-7-5-15(6-8-16)18-14-19(23-22-18)24-10-12-25(13-11-24)20(26)17-4-2-3-9-21-17/h2-9,18-19,22-23H,10-14H2,1H3. The van der Waals surface area contributed by atoms with Crippen molar-refractivity contribution in [2.45, 2.75) is 18.6 Å². The molecule has 2 N–H and O–H groups in total. The molecule has 27 heavy (non-hydrogen) atoms. The Bertz CT molecular complexity index is 760. The van der Waals surface area contributed by atoms with Crippen LogP contribution >= 0.6 is 0 Å². The van der Waals surface area contributed by atoms with E-state index >= 15 is 0 Å². The van der Waals surface area contributed by atoms with Crippen LogP contribution in [0.5, 0.6) is 5.75 Å². The van der Waals surface area contributed by atoms with Crippen molar-refractivity contribution in [2.24, 2.45) is 0 Å². The van der Waals surface area contributed by atoms with Crippen LogP contribution in [0.1, 0.15) is 28.5 Å². The summed E-state index contributed by atoms with van der Waals surface area (Å²) in [6.07, 6.45) is 2.92. The highest BCUT2D eigenvalue weighted by Crippen LogP contribution is 2.26. The summed E-state index contributed by atoms with van der Waals surface area (Å²) in [6, 6.07) is 13.9. The van der Waals surface area contributed by atoms with Gasteiger partial charge in [-0.25, -0.2) is 10.9 Å². The predicted octanol–water partition coefficient (Wildman–Crippen LogP) is 1.41. The second-order valence-corrected chi connectivity index (χ2v) is 6.91. The molecule has 3 heterocycles. The lowest BCUT2D eigenvalue weighted by molar-refractivity contribution is 0.0540. The van der Waals surface area contributed by atoms with Crippen LogP contribution in [-0.2, 0) is 0 Å². The first-order valence-electron chi connectivity index (χ1n) is 9.34. The third kappa shape index (κ3) is 3.95. The number of amides is 1. The minimum atomic E-state index is 0.0175. The first-order chi connectivity index (χ1) is 13.2. The number of hydrogen-bond donors (Lipinski definition) is 2. The molecule has 2 saturated heterocycles. The fourth-order valence-electron chi connectivity index (χ4n) is 3.72. The maximum Gasteiger partial charge on any atom is 0.272 e. The molecule has 0 radical (unpaired) electrons. The number of hydrazine groups is 1. The largest absolute Gasteiger partial charge is 0.497 e. The molecular formula is C20H25N5O2. The van der Waals surface area contributed by atoms with Gasteiger partial charge in [0, 0.05) is 38.4 Å². The molecule has 0 bridgehead atoms. The first-order valence-corrected chi connectivity index (χ1v) is 9.34. The summed E-state index contributed by atoms with van der Waals surface area (Å²) in [5.74, 6) is 0.888. The highest BCUT2D eigenvalue weighted by atomic mass is 16.5. The SMILES string of the molecule is COc1ccc(C2CC(N3CCN(C(=O)c4ccccn4)CC3)NN2)cc1. The van der Waals surface area contributed by atoms with E-state index in [4.69, 9.17) is 4.74 Å². The highest BCUT2D eigenvalue weighted by molar-refractivity contribution is 5.92. The van der Waals surface area contributed by atoms with Gasteiger partial charge < -0.3 is 9.64 Å². The molecule has 0 saturated carbocycles. The van der Waals surface area contributed by atoms with Crippen molar-refractivity contribution in [3.05, 3.63) is 59.9 Å². The molecule has 4 rings (SSSR count). The molecule has 2 atom stereocenters. The van der Waals surface area contributed by atoms with Crippen molar-refractivity contribution in [1.82, 2.24) is 25.6 Å². The molecule has 2 aromatic rings. The number of ether oxygens (including phenoxy) is 1. The summed E-state index contributed by atoms with van der Waals surface area (Å²) in [6.45, 7) is 3.15. The minimum absolute atomic E-state index is 0.0175. The maximum absolute atomic E-state index is 12.5. The molecule has 0 spiro atoms. The van der Waals surface area contributed by atoms with Crippen LogP contribution in [-0.4, -0.2) is 60.1 Å².